The van der Waals surface area contributed by atoms with Crippen molar-refractivity contribution < 1.29 is 0 Å². The van der Waals surface area contributed by atoms with Gasteiger partial charge in [0.2, 0.25) is 0 Å². The predicted molar refractivity (Wildman–Crippen MR) is 161 cm³/mol. The number of piperidine rings is 1. The Morgan fingerprint density at radius 2 is 1.92 bits per heavy atom. The Kier molecular flexibility index (Phi) is 9.83. The van der Waals surface area contributed by atoms with Crippen molar-refractivity contribution in [2.24, 2.45) is 11.3 Å². The van der Waals surface area contributed by atoms with Crippen LogP contribution in [0.15, 0.2) is 71.6 Å². The molecule has 1 N–H and O–H groups in total. The number of pyridine rings is 2. The van der Waals surface area contributed by atoms with Crippen molar-refractivity contribution in [3.63, 3.8) is 0 Å². The van der Waals surface area contributed by atoms with Crippen LogP contribution in [-0.4, -0.2) is 41.5 Å². The summed E-state index contributed by atoms with van der Waals surface area (Å²) in [5.41, 5.74) is 8.71. The molecule has 0 saturated carbocycles. The third-order valence-corrected chi connectivity index (χ3v) is 7.65. The molecule has 1 aliphatic rings. The summed E-state index contributed by atoms with van der Waals surface area (Å²) in [6.45, 7) is 19.9. The van der Waals surface area contributed by atoms with Gasteiger partial charge in [0.05, 0.1) is 11.5 Å². The molecule has 0 amide bonds. The average Bonchev–Trinajstić information content (AvgIpc) is 2.92. The number of hydrogen-bond acceptors (Lipinski definition) is 5. The van der Waals surface area contributed by atoms with E-state index in [9.17, 15) is 5.26 Å². The van der Waals surface area contributed by atoms with E-state index < -0.39 is 5.41 Å². The van der Waals surface area contributed by atoms with Gasteiger partial charge in [-0.15, -0.1) is 0 Å². The highest BCUT2D eigenvalue weighted by molar-refractivity contribution is 5.77. The quantitative estimate of drug-likeness (QED) is 0.352. The van der Waals surface area contributed by atoms with Gasteiger partial charge in [0.1, 0.15) is 5.82 Å². The smallest absolute Gasteiger partial charge is 0.125 e. The van der Waals surface area contributed by atoms with E-state index in [1.165, 1.54) is 16.7 Å². The number of nitrogens with one attached hydrogen (secondary N) is 1. The zero-order chi connectivity index (χ0) is 27.9. The molecule has 38 heavy (non-hydrogen) atoms. The second kappa shape index (κ2) is 12.8. The van der Waals surface area contributed by atoms with Crippen LogP contribution in [0.4, 0.5) is 5.82 Å². The Balaban J connectivity index is 1.66. The minimum absolute atomic E-state index is 0.482. The topological polar surface area (TPSA) is 64.8 Å². The van der Waals surface area contributed by atoms with E-state index in [4.69, 9.17) is 0 Å². The lowest BCUT2D eigenvalue weighted by Gasteiger charge is -2.33. The number of aromatic nitrogens is 2. The number of aryl methyl sites for hydroxylation is 1. The van der Waals surface area contributed by atoms with Crippen molar-refractivity contribution >= 4 is 11.9 Å². The standard InChI is InChI=1S/C33H43N5/c1-9-29(33(6,7)22-34)19-24(3)25(4)27-13-16-38(17-14-27)21-23(2)18-31-26(5)36-15-12-30(31)28-10-11-32(35-8)37-20-28/h9-12,15,18-20,27H,4,13-14,16-17,21H2,1-3,5-8H3,(H,35,37)/b23-18+,24-19-,29-9+. The maximum absolute atomic E-state index is 9.54. The van der Waals surface area contributed by atoms with Crippen molar-refractivity contribution in [1.82, 2.24) is 14.9 Å². The number of anilines is 1. The molecule has 2 aromatic rings. The third-order valence-electron chi connectivity index (χ3n) is 7.65. The molecule has 1 aliphatic heterocycles. The van der Waals surface area contributed by atoms with Crippen LogP contribution in [0.25, 0.3) is 17.2 Å². The summed E-state index contributed by atoms with van der Waals surface area (Å²) in [4.78, 5) is 11.6. The largest absolute Gasteiger partial charge is 0.373 e. The number of nitriles is 1. The first-order chi connectivity index (χ1) is 18.1. The molecule has 0 atom stereocenters. The van der Waals surface area contributed by atoms with Gasteiger partial charge in [-0.2, -0.15) is 5.26 Å². The van der Waals surface area contributed by atoms with Crippen molar-refractivity contribution in [2.75, 3.05) is 32.0 Å². The summed E-state index contributed by atoms with van der Waals surface area (Å²) >= 11 is 0. The number of allylic oxidation sites excluding steroid dienone is 5. The monoisotopic (exact) mass is 509 g/mol. The summed E-state index contributed by atoms with van der Waals surface area (Å²) in [7, 11) is 1.88. The predicted octanol–water partition coefficient (Wildman–Crippen LogP) is 7.61. The zero-order valence-corrected chi connectivity index (χ0v) is 24.2. The first-order valence-corrected chi connectivity index (χ1v) is 13.5. The van der Waals surface area contributed by atoms with E-state index in [1.807, 2.05) is 52.4 Å². The highest BCUT2D eigenvalue weighted by atomic mass is 15.1. The molecule has 0 unspecified atom stereocenters. The Morgan fingerprint density at radius 3 is 2.50 bits per heavy atom. The minimum atomic E-state index is -0.497. The van der Waals surface area contributed by atoms with Crippen LogP contribution in [0.5, 0.6) is 0 Å². The summed E-state index contributed by atoms with van der Waals surface area (Å²) in [6.07, 6.45) is 12.5. The first-order valence-electron chi connectivity index (χ1n) is 13.5. The summed E-state index contributed by atoms with van der Waals surface area (Å²) < 4.78 is 0. The van der Waals surface area contributed by atoms with E-state index >= 15 is 0 Å². The molecule has 2 aromatic heterocycles. The van der Waals surface area contributed by atoms with E-state index in [0.717, 1.165) is 66.3 Å². The minimum Gasteiger partial charge on any atom is -0.373 e. The molecule has 3 heterocycles. The summed E-state index contributed by atoms with van der Waals surface area (Å²) in [5.74, 6) is 1.34. The number of rotatable bonds is 9. The molecule has 0 aromatic carbocycles. The Hall–Kier alpha value is -3.49. The fourth-order valence-electron chi connectivity index (χ4n) is 5.13. The normalized spacial score (nSPS) is 16.3. The van der Waals surface area contributed by atoms with E-state index in [1.54, 1.807) is 0 Å². The fraction of sp³-hybridized carbons (Fsp3) is 0.424. The van der Waals surface area contributed by atoms with Gasteiger partial charge in [-0.05, 0) is 114 Å². The van der Waals surface area contributed by atoms with Gasteiger partial charge in [0.15, 0.2) is 0 Å². The second-order valence-electron chi connectivity index (χ2n) is 10.9. The first kappa shape index (κ1) is 29.1. The lowest BCUT2D eigenvalue weighted by molar-refractivity contribution is 0.214. The molecule has 0 aliphatic carbocycles. The van der Waals surface area contributed by atoms with Gasteiger partial charge < -0.3 is 5.32 Å². The molecule has 200 valence electrons. The molecule has 0 bridgehead atoms. The average molecular weight is 510 g/mol. The Labute approximate surface area is 229 Å². The molecule has 5 heteroatoms. The molecule has 5 nitrogen and oxygen atoms in total. The molecular formula is C33H43N5. The number of hydrogen-bond donors (Lipinski definition) is 1. The van der Waals surface area contributed by atoms with E-state index in [2.05, 4.69) is 77.9 Å². The molecular weight excluding hydrogens is 466 g/mol. The van der Waals surface area contributed by atoms with Crippen LogP contribution < -0.4 is 5.32 Å². The number of nitrogens with zero attached hydrogens (tertiary/aromatic N) is 4. The van der Waals surface area contributed by atoms with Crippen LogP contribution in [0.1, 0.15) is 58.7 Å². The molecule has 1 fully saturated rings. The van der Waals surface area contributed by atoms with Gasteiger partial charge >= 0.3 is 0 Å². The molecule has 3 rings (SSSR count). The van der Waals surface area contributed by atoms with E-state index in [0.29, 0.717) is 5.92 Å². The Bertz CT molecular complexity index is 1260. The van der Waals surface area contributed by atoms with Gasteiger partial charge in [-0.25, -0.2) is 4.98 Å². The van der Waals surface area contributed by atoms with Crippen LogP contribution >= 0.6 is 0 Å². The number of likely N-dealkylation sites (tertiary alicyclic amines) is 1. The van der Waals surface area contributed by atoms with Gasteiger partial charge in [0.25, 0.3) is 0 Å². The molecule has 1 saturated heterocycles. The SMILES string of the molecule is C=C(/C(C)=C\C(=C/C)C(C)(C)C#N)C1CCN(C/C(C)=C/c2c(-c3ccc(NC)nc3)ccnc2C)CC1. The van der Waals surface area contributed by atoms with Crippen LogP contribution in [0.2, 0.25) is 0 Å². The van der Waals surface area contributed by atoms with Crippen molar-refractivity contribution in [1.29, 1.82) is 5.26 Å². The lowest BCUT2D eigenvalue weighted by atomic mass is 9.81. The van der Waals surface area contributed by atoms with Crippen LogP contribution in [-0.2, 0) is 0 Å². The van der Waals surface area contributed by atoms with Crippen molar-refractivity contribution in [3.05, 3.63) is 82.9 Å². The maximum Gasteiger partial charge on any atom is 0.125 e. The third kappa shape index (κ3) is 7.08. The van der Waals surface area contributed by atoms with Gasteiger partial charge in [-0.3, -0.25) is 9.88 Å². The maximum atomic E-state index is 9.54. The highest BCUT2D eigenvalue weighted by Gasteiger charge is 2.24. The van der Waals surface area contributed by atoms with Crippen LogP contribution in [0.3, 0.4) is 0 Å². The van der Waals surface area contributed by atoms with Gasteiger partial charge in [-0.1, -0.05) is 30.4 Å². The zero-order valence-electron chi connectivity index (χ0n) is 24.2. The van der Waals surface area contributed by atoms with E-state index in [-0.39, 0.29) is 0 Å². The summed E-state index contributed by atoms with van der Waals surface area (Å²) in [5, 5.41) is 12.6. The lowest BCUT2D eigenvalue weighted by Crippen LogP contribution is -2.35. The second-order valence-corrected chi connectivity index (χ2v) is 10.9. The van der Waals surface area contributed by atoms with Crippen molar-refractivity contribution in [2.45, 2.75) is 54.4 Å². The van der Waals surface area contributed by atoms with Crippen molar-refractivity contribution in [3.8, 4) is 17.2 Å². The van der Waals surface area contributed by atoms with Crippen LogP contribution in [0, 0.1) is 29.6 Å². The Morgan fingerprint density at radius 1 is 1.21 bits per heavy atom. The molecule has 0 radical (unpaired) electrons. The van der Waals surface area contributed by atoms with Gasteiger partial charge in [0, 0.05) is 42.8 Å². The summed E-state index contributed by atoms with van der Waals surface area (Å²) in [6, 6.07) is 8.60. The fourth-order valence-corrected chi connectivity index (χ4v) is 5.13. The highest BCUT2D eigenvalue weighted by Crippen LogP contribution is 2.33. The molecule has 0 spiro atoms.